The van der Waals surface area contributed by atoms with E-state index in [-0.39, 0.29) is 23.4 Å². The van der Waals surface area contributed by atoms with Gasteiger partial charge in [0.15, 0.2) is 5.75 Å². The van der Waals surface area contributed by atoms with E-state index in [0.29, 0.717) is 11.9 Å². The normalized spacial score (nSPS) is 13.3. The second kappa shape index (κ2) is 9.81. The fraction of sp³-hybridized carbons (Fsp3) is 0.250. The Morgan fingerprint density at radius 3 is 2.36 bits per heavy atom. The molecule has 8 heteroatoms. The summed E-state index contributed by atoms with van der Waals surface area (Å²) in [6.07, 6.45) is 4.44. The van der Waals surface area contributed by atoms with Gasteiger partial charge in [-0.15, -0.1) is 0 Å². The van der Waals surface area contributed by atoms with Crippen LogP contribution in [0.2, 0.25) is 0 Å². The predicted molar refractivity (Wildman–Crippen MR) is 137 cm³/mol. The summed E-state index contributed by atoms with van der Waals surface area (Å²) in [5.41, 5.74) is 3.38. The summed E-state index contributed by atoms with van der Waals surface area (Å²) < 4.78 is 14.8. The molecular formula is C28H27FN4O3. The van der Waals surface area contributed by atoms with Gasteiger partial charge in [-0.25, -0.2) is 4.39 Å². The van der Waals surface area contributed by atoms with E-state index in [1.165, 1.54) is 36.6 Å². The highest BCUT2D eigenvalue weighted by atomic mass is 19.1. The molecule has 2 aromatic carbocycles. The lowest BCUT2D eigenvalue weighted by atomic mass is 10.0. The number of anilines is 1. The van der Waals surface area contributed by atoms with Crippen molar-refractivity contribution in [1.82, 2.24) is 14.9 Å². The lowest BCUT2D eigenvalue weighted by Crippen LogP contribution is -2.32. The molecule has 5 rings (SSSR count). The Hall–Kier alpha value is -4.20. The number of aromatic nitrogens is 2. The summed E-state index contributed by atoms with van der Waals surface area (Å²) in [6.45, 7) is 2.29. The van der Waals surface area contributed by atoms with Crippen LogP contribution in [0.25, 0.3) is 11.0 Å². The summed E-state index contributed by atoms with van der Waals surface area (Å²) >= 11 is 0. The zero-order valence-corrected chi connectivity index (χ0v) is 20.0. The first-order valence-electron chi connectivity index (χ1n) is 12.0. The minimum Gasteiger partial charge on any atom is -0.505 e. The molecule has 0 saturated carbocycles. The zero-order chi connectivity index (χ0) is 25.2. The molecule has 36 heavy (non-hydrogen) atoms. The average Bonchev–Trinajstić information content (AvgIpc) is 3.43. The molecule has 0 radical (unpaired) electrons. The SMILES string of the molecule is CNC(=O)c1c(O)c2ncc(Cc3ccc(F)cc3)cc2n(Cc2ccc(N3CCCC3)cc2)c1=O. The number of nitrogens with one attached hydrogen (secondary N) is 1. The monoisotopic (exact) mass is 486 g/mol. The molecule has 0 unspecified atom stereocenters. The van der Waals surface area contributed by atoms with E-state index in [9.17, 15) is 19.1 Å². The van der Waals surface area contributed by atoms with Gasteiger partial charge in [-0.3, -0.25) is 14.6 Å². The van der Waals surface area contributed by atoms with Gasteiger partial charge in [-0.2, -0.15) is 0 Å². The van der Waals surface area contributed by atoms with Crippen LogP contribution < -0.4 is 15.8 Å². The van der Waals surface area contributed by atoms with Crippen LogP contribution in [0.5, 0.6) is 5.75 Å². The van der Waals surface area contributed by atoms with E-state index >= 15 is 0 Å². The number of amides is 1. The first-order valence-corrected chi connectivity index (χ1v) is 12.0. The molecule has 0 spiro atoms. The molecule has 4 aromatic rings. The van der Waals surface area contributed by atoms with Crippen LogP contribution in [0.3, 0.4) is 0 Å². The highest BCUT2D eigenvalue weighted by Gasteiger charge is 2.23. The van der Waals surface area contributed by atoms with Gasteiger partial charge in [0.25, 0.3) is 11.5 Å². The number of aromatic hydroxyl groups is 1. The first kappa shape index (κ1) is 23.5. The van der Waals surface area contributed by atoms with Crippen molar-refractivity contribution in [3.05, 3.63) is 99.2 Å². The molecule has 1 aliphatic heterocycles. The van der Waals surface area contributed by atoms with Gasteiger partial charge < -0.3 is 19.9 Å². The third kappa shape index (κ3) is 4.54. The number of rotatable bonds is 6. The minimum atomic E-state index is -0.672. The number of nitrogens with zero attached hydrogens (tertiary/aromatic N) is 3. The lowest BCUT2D eigenvalue weighted by Gasteiger charge is -2.18. The van der Waals surface area contributed by atoms with Gasteiger partial charge in [0.05, 0.1) is 12.1 Å². The lowest BCUT2D eigenvalue weighted by molar-refractivity contribution is 0.0958. The fourth-order valence-electron chi connectivity index (χ4n) is 4.74. The molecule has 0 bridgehead atoms. The highest BCUT2D eigenvalue weighted by Crippen LogP contribution is 2.27. The highest BCUT2D eigenvalue weighted by molar-refractivity contribution is 6.01. The van der Waals surface area contributed by atoms with Gasteiger partial charge in [0, 0.05) is 32.0 Å². The zero-order valence-electron chi connectivity index (χ0n) is 20.0. The van der Waals surface area contributed by atoms with Crippen LogP contribution >= 0.6 is 0 Å². The molecule has 1 saturated heterocycles. The average molecular weight is 487 g/mol. The predicted octanol–water partition coefficient (Wildman–Crippen LogP) is 3.84. The van der Waals surface area contributed by atoms with Crippen molar-refractivity contribution in [2.45, 2.75) is 25.8 Å². The number of hydrogen-bond donors (Lipinski definition) is 2. The summed E-state index contributed by atoms with van der Waals surface area (Å²) in [4.78, 5) is 32.7. The van der Waals surface area contributed by atoms with Crippen molar-refractivity contribution in [2.24, 2.45) is 0 Å². The third-order valence-corrected chi connectivity index (χ3v) is 6.66. The Bertz CT molecular complexity index is 1470. The molecule has 2 N–H and O–H groups in total. The van der Waals surface area contributed by atoms with Crippen molar-refractivity contribution in [3.63, 3.8) is 0 Å². The number of pyridine rings is 2. The Balaban J connectivity index is 1.58. The molecule has 1 fully saturated rings. The topological polar surface area (TPSA) is 87.5 Å². The van der Waals surface area contributed by atoms with Gasteiger partial charge in [0.1, 0.15) is 16.9 Å². The van der Waals surface area contributed by atoms with E-state index in [0.717, 1.165) is 35.5 Å². The molecular weight excluding hydrogens is 459 g/mol. The van der Waals surface area contributed by atoms with Crippen LogP contribution in [-0.2, 0) is 13.0 Å². The molecule has 2 aromatic heterocycles. The molecule has 1 amide bonds. The van der Waals surface area contributed by atoms with Crippen molar-refractivity contribution in [2.75, 3.05) is 25.0 Å². The Kier molecular flexibility index (Phi) is 6.41. The largest absolute Gasteiger partial charge is 0.505 e. The van der Waals surface area contributed by atoms with Crippen LogP contribution in [-0.4, -0.2) is 40.7 Å². The second-order valence-corrected chi connectivity index (χ2v) is 9.07. The van der Waals surface area contributed by atoms with Crippen molar-refractivity contribution >= 4 is 22.6 Å². The molecule has 184 valence electrons. The molecule has 3 heterocycles. The van der Waals surface area contributed by atoms with Crippen LogP contribution in [0.15, 0.2) is 65.6 Å². The summed E-state index contributed by atoms with van der Waals surface area (Å²) in [7, 11) is 1.41. The maximum atomic E-state index is 13.5. The fourth-order valence-corrected chi connectivity index (χ4v) is 4.74. The summed E-state index contributed by atoms with van der Waals surface area (Å²) in [6, 6.07) is 16.0. The van der Waals surface area contributed by atoms with Crippen molar-refractivity contribution in [1.29, 1.82) is 0 Å². The minimum absolute atomic E-state index is 0.171. The van der Waals surface area contributed by atoms with Gasteiger partial charge in [-0.1, -0.05) is 24.3 Å². The number of fused-ring (bicyclic) bond motifs is 1. The molecule has 1 aliphatic rings. The maximum absolute atomic E-state index is 13.5. The number of hydrogen-bond acceptors (Lipinski definition) is 5. The van der Waals surface area contributed by atoms with Crippen LogP contribution in [0.1, 0.15) is 39.9 Å². The van der Waals surface area contributed by atoms with Crippen molar-refractivity contribution in [3.8, 4) is 5.75 Å². The van der Waals surface area contributed by atoms with Crippen LogP contribution in [0, 0.1) is 5.82 Å². The number of carbonyl (C=O) groups is 1. The van der Waals surface area contributed by atoms with E-state index in [1.54, 1.807) is 24.4 Å². The first-order chi connectivity index (χ1) is 17.4. The van der Waals surface area contributed by atoms with Gasteiger partial charge >= 0.3 is 0 Å². The van der Waals surface area contributed by atoms with E-state index in [2.05, 4.69) is 15.2 Å². The number of benzene rings is 2. The second-order valence-electron chi connectivity index (χ2n) is 9.07. The Morgan fingerprint density at radius 2 is 1.69 bits per heavy atom. The Morgan fingerprint density at radius 1 is 1.03 bits per heavy atom. The van der Waals surface area contributed by atoms with E-state index in [1.807, 2.05) is 24.3 Å². The summed E-state index contributed by atoms with van der Waals surface area (Å²) in [5.74, 6) is -1.43. The van der Waals surface area contributed by atoms with E-state index in [4.69, 9.17) is 0 Å². The van der Waals surface area contributed by atoms with Crippen molar-refractivity contribution < 1.29 is 14.3 Å². The maximum Gasteiger partial charge on any atom is 0.268 e. The number of halogens is 1. The smallest absolute Gasteiger partial charge is 0.268 e. The van der Waals surface area contributed by atoms with E-state index < -0.39 is 17.2 Å². The standard InChI is InChI=1S/C28H27FN4O3/c1-30-27(35)24-26(34)25-23(15-20(16-31-25)14-18-4-8-21(29)9-5-18)33(28(24)36)17-19-6-10-22(11-7-19)32-12-2-3-13-32/h4-11,15-16,34H,2-3,12-14,17H2,1H3,(H,30,35). The number of carbonyl (C=O) groups excluding carboxylic acids is 1. The quantitative estimate of drug-likeness (QED) is 0.433. The molecule has 0 aliphatic carbocycles. The third-order valence-electron chi connectivity index (χ3n) is 6.66. The van der Waals surface area contributed by atoms with Gasteiger partial charge in [-0.05, 0) is 66.3 Å². The summed E-state index contributed by atoms with van der Waals surface area (Å²) in [5, 5.41) is 13.2. The van der Waals surface area contributed by atoms with Crippen LogP contribution in [0.4, 0.5) is 10.1 Å². The van der Waals surface area contributed by atoms with Gasteiger partial charge in [0.2, 0.25) is 0 Å². The Labute approximate surface area is 207 Å². The molecule has 0 atom stereocenters. The molecule has 7 nitrogen and oxygen atoms in total.